The van der Waals surface area contributed by atoms with E-state index in [2.05, 4.69) is 9.62 Å². The molecule has 152 valence electrons. The number of nitrogens with one attached hydrogen (secondary N) is 1. The van der Waals surface area contributed by atoms with E-state index in [1.54, 1.807) is 7.11 Å². The number of benzene rings is 2. The molecule has 28 heavy (non-hydrogen) atoms. The maximum atomic E-state index is 13.1. The summed E-state index contributed by atoms with van der Waals surface area (Å²) in [4.78, 5) is 2.73. The Morgan fingerprint density at radius 2 is 1.68 bits per heavy atom. The second kappa shape index (κ2) is 8.64. The average molecular weight is 403 g/mol. The van der Waals surface area contributed by atoms with Crippen molar-refractivity contribution < 1.29 is 13.2 Å². The third-order valence-corrected chi connectivity index (χ3v) is 7.15. The Balaban J connectivity index is 1.90. The normalized spacial score (nSPS) is 16.3. The highest BCUT2D eigenvalue weighted by Gasteiger charge is 2.28. The predicted molar refractivity (Wildman–Crippen MR) is 112 cm³/mol. The minimum absolute atomic E-state index is 0.0560. The van der Waals surface area contributed by atoms with E-state index >= 15 is 0 Å². The molecule has 0 aliphatic carbocycles. The van der Waals surface area contributed by atoms with Gasteiger partial charge in [-0.1, -0.05) is 35.9 Å². The quantitative estimate of drug-likeness (QED) is 0.767. The molecule has 5 nitrogen and oxygen atoms in total. The summed E-state index contributed by atoms with van der Waals surface area (Å²) >= 11 is 0. The molecule has 1 aliphatic heterocycles. The Kier molecular flexibility index (Phi) is 6.43. The smallest absolute Gasteiger partial charge is 0.241 e. The molecule has 0 amide bonds. The number of ether oxygens (including phenoxy) is 1. The molecular formula is C22H30N2O3S. The Hall–Kier alpha value is -1.89. The molecule has 3 rings (SSSR count). The first-order valence-corrected chi connectivity index (χ1v) is 11.3. The van der Waals surface area contributed by atoms with E-state index in [0.717, 1.165) is 53.9 Å². The number of para-hydroxylation sites is 1. The van der Waals surface area contributed by atoms with Crippen molar-refractivity contribution >= 4 is 10.0 Å². The van der Waals surface area contributed by atoms with Gasteiger partial charge < -0.3 is 4.74 Å². The lowest BCUT2D eigenvalue weighted by atomic mass is 10.0. The van der Waals surface area contributed by atoms with Crippen LogP contribution >= 0.6 is 0 Å². The van der Waals surface area contributed by atoms with Gasteiger partial charge in [0.1, 0.15) is 5.75 Å². The number of hydrogen-bond acceptors (Lipinski definition) is 4. The molecule has 1 saturated heterocycles. The first-order chi connectivity index (χ1) is 13.3. The third kappa shape index (κ3) is 4.40. The van der Waals surface area contributed by atoms with Crippen molar-refractivity contribution in [2.24, 2.45) is 0 Å². The molecule has 1 aliphatic rings. The van der Waals surface area contributed by atoms with Gasteiger partial charge in [0.25, 0.3) is 0 Å². The van der Waals surface area contributed by atoms with Crippen LogP contribution in [-0.4, -0.2) is 40.1 Å². The van der Waals surface area contributed by atoms with Crippen molar-refractivity contribution in [2.75, 3.05) is 26.7 Å². The second-order valence-electron chi connectivity index (χ2n) is 7.58. The lowest BCUT2D eigenvalue weighted by Crippen LogP contribution is -2.37. The highest BCUT2D eigenvalue weighted by atomic mass is 32.2. The van der Waals surface area contributed by atoms with Crippen molar-refractivity contribution in [2.45, 2.75) is 44.6 Å². The van der Waals surface area contributed by atoms with Crippen LogP contribution in [0.2, 0.25) is 0 Å². The third-order valence-electron chi connectivity index (χ3n) is 5.42. The zero-order valence-electron chi connectivity index (χ0n) is 17.2. The zero-order valence-corrected chi connectivity index (χ0v) is 18.0. The molecule has 2 aromatic rings. The molecule has 0 spiro atoms. The fourth-order valence-corrected chi connectivity index (χ4v) is 5.77. The second-order valence-corrected chi connectivity index (χ2v) is 9.28. The fraction of sp³-hybridized carbons (Fsp3) is 0.455. The van der Waals surface area contributed by atoms with Gasteiger partial charge >= 0.3 is 0 Å². The van der Waals surface area contributed by atoms with E-state index in [0.29, 0.717) is 11.4 Å². The first kappa shape index (κ1) is 20.8. The van der Waals surface area contributed by atoms with Crippen molar-refractivity contribution in [3.63, 3.8) is 0 Å². The number of nitrogens with zero attached hydrogens (tertiary/aromatic N) is 1. The van der Waals surface area contributed by atoms with Crippen LogP contribution in [0.3, 0.4) is 0 Å². The first-order valence-electron chi connectivity index (χ1n) is 9.78. The van der Waals surface area contributed by atoms with Crippen molar-refractivity contribution in [3.8, 4) is 5.75 Å². The Labute approximate surface area is 168 Å². The van der Waals surface area contributed by atoms with Gasteiger partial charge in [0, 0.05) is 12.1 Å². The number of rotatable bonds is 7. The molecular weight excluding hydrogens is 372 g/mol. The van der Waals surface area contributed by atoms with Crippen molar-refractivity contribution in [1.82, 2.24) is 9.62 Å². The molecule has 0 bridgehead atoms. The largest absolute Gasteiger partial charge is 0.496 e. The summed E-state index contributed by atoms with van der Waals surface area (Å²) in [7, 11) is -1.95. The summed E-state index contributed by atoms with van der Waals surface area (Å²) in [5.74, 6) is 0.793. The highest BCUT2D eigenvalue weighted by Crippen LogP contribution is 2.32. The summed E-state index contributed by atoms with van der Waals surface area (Å²) < 4.78 is 34.7. The SMILES string of the molecule is COc1ccccc1C(CNS(=O)(=O)c1c(C)cc(C)cc1C)N1CCCC1. The van der Waals surface area contributed by atoms with Crippen LogP contribution in [0.4, 0.5) is 0 Å². The number of hydrogen-bond donors (Lipinski definition) is 1. The van der Waals surface area contributed by atoms with Gasteiger partial charge in [0.05, 0.1) is 18.0 Å². The molecule has 0 saturated carbocycles. The maximum absolute atomic E-state index is 13.1. The van der Waals surface area contributed by atoms with E-state index in [9.17, 15) is 8.42 Å². The summed E-state index contributed by atoms with van der Waals surface area (Å²) in [6.07, 6.45) is 2.27. The molecule has 6 heteroatoms. The van der Waals surface area contributed by atoms with E-state index in [1.807, 2.05) is 57.2 Å². The van der Waals surface area contributed by atoms with Crippen LogP contribution in [-0.2, 0) is 10.0 Å². The molecule has 1 N–H and O–H groups in total. The zero-order chi connectivity index (χ0) is 20.3. The highest BCUT2D eigenvalue weighted by molar-refractivity contribution is 7.89. The maximum Gasteiger partial charge on any atom is 0.241 e. The van der Waals surface area contributed by atoms with E-state index < -0.39 is 10.0 Å². The Morgan fingerprint density at radius 1 is 1.07 bits per heavy atom. The molecule has 0 aromatic heterocycles. The number of likely N-dealkylation sites (tertiary alicyclic amines) is 1. The van der Waals surface area contributed by atoms with Gasteiger partial charge in [0.15, 0.2) is 0 Å². The minimum Gasteiger partial charge on any atom is -0.496 e. The van der Waals surface area contributed by atoms with Gasteiger partial charge in [-0.3, -0.25) is 4.90 Å². The summed E-state index contributed by atoms with van der Waals surface area (Å²) in [6, 6.07) is 11.6. The van der Waals surface area contributed by atoms with Crippen LogP contribution in [0.25, 0.3) is 0 Å². The molecule has 1 unspecified atom stereocenters. The molecule has 2 aromatic carbocycles. The Bertz CT molecular complexity index is 912. The van der Waals surface area contributed by atoms with Crippen LogP contribution in [0.5, 0.6) is 5.75 Å². The minimum atomic E-state index is -3.61. The van der Waals surface area contributed by atoms with Gasteiger partial charge in [-0.05, 0) is 63.9 Å². The summed E-state index contributed by atoms with van der Waals surface area (Å²) in [5, 5.41) is 0. The lowest BCUT2D eigenvalue weighted by molar-refractivity contribution is 0.240. The van der Waals surface area contributed by atoms with Gasteiger partial charge in [-0.25, -0.2) is 13.1 Å². The van der Waals surface area contributed by atoms with Crippen LogP contribution in [0, 0.1) is 20.8 Å². The van der Waals surface area contributed by atoms with Gasteiger partial charge in [-0.15, -0.1) is 0 Å². The van der Waals surface area contributed by atoms with Crippen LogP contribution in [0.1, 0.15) is 41.1 Å². The molecule has 0 radical (unpaired) electrons. The Morgan fingerprint density at radius 3 is 2.29 bits per heavy atom. The van der Waals surface area contributed by atoms with E-state index in [-0.39, 0.29) is 6.04 Å². The topological polar surface area (TPSA) is 58.6 Å². The van der Waals surface area contributed by atoms with Gasteiger partial charge in [-0.2, -0.15) is 0 Å². The molecule has 1 atom stereocenters. The van der Waals surface area contributed by atoms with E-state index in [4.69, 9.17) is 4.74 Å². The average Bonchev–Trinajstić information content (AvgIpc) is 3.15. The predicted octanol–water partition coefficient (Wildman–Crippen LogP) is 3.74. The van der Waals surface area contributed by atoms with Crippen LogP contribution in [0.15, 0.2) is 41.3 Å². The summed E-state index contributed by atoms with van der Waals surface area (Å²) in [5.41, 5.74) is 3.64. The standard InChI is InChI=1S/C22H30N2O3S/c1-16-13-17(2)22(18(3)14-16)28(25,26)23-15-20(24-11-7-8-12-24)19-9-5-6-10-21(19)27-4/h5-6,9-10,13-14,20,23H,7-8,11-12,15H2,1-4H3. The fourth-order valence-electron chi connectivity index (χ4n) is 4.28. The number of aryl methyl sites for hydroxylation is 3. The number of sulfonamides is 1. The molecule has 1 fully saturated rings. The van der Waals surface area contributed by atoms with E-state index in [1.165, 1.54) is 0 Å². The monoisotopic (exact) mass is 402 g/mol. The van der Waals surface area contributed by atoms with Crippen LogP contribution < -0.4 is 9.46 Å². The van der Waals surface area contributed by atoms with Crippen molar-refractivity contribution in [3.05, 3.63) is 58.7 Å². The number of methoxy groups -OCH3 is 1. The van der Waals surface area contributed by atoms with Crippen molar-refractivity contribution in [1.29, 1.82) is 0 Å². The lowest BCUT2D eigenvalue weighted by Gasteiger charge is -2.29. The van der Waals surface area contributed by atoms with Gasteiger partial charge in [0.2, 0.25) is 10.0 Å². The molecule has 1 heterocycles. The summed E-state index contributed by atoms with van der Waals surface area (Å²) in [6.45, 7) is 7.93.